The van der Waals surface area contributed by atoms with E-state index < -0.39 is 0 Å². The maximum atomic E-state index is 12.0. The van der Waals surface area contributed by atoms with Gasteiger partial charge in [-0.05, 0) is 38.7 Å². The van der Waals surface area contributed by atoms with E-state index in [9.17, 15) is 4.79 Å². The summed E-state index contributed by atoms with van der Waals surface area (Å²) >= 11 is 0. The highest BCUT2D eigenvalue weighted by atomic mass is 16.2. The van der Waals surface area contributed by atoms with Crippen molar-refractivity contribution in [3.05, 3.63) is 18.0 Å². The zero-order valence-corrected chi connectivity index (χ0v) is 9.86. The molecule has 1 saturated carbocycles. The van der Waals surface area contributed by atoms with Crippen LogP contribution in [0.5, 0.6) is 0 Å². The molecule has 0 aromatic carbocycles. The number of hydrogen-bond donors (Lipinski definition) is 2. The lowest BCUT2D eigenvalue weighted by atomic mass is 10.2. The Morgan fingerprint density at radius 2 is 2.38 bits per heavy atom. The van der Waals surface area contributed by atoms with E-state index in [1.165, 1.54) is 12.8 Å². The highest BCUT2D eigenvalue weighted by Crippen LogP contribution is 2.32. The molecule has 88 valence electrons. The van der Waals surface area contributed by atoms with Gasteiger partial charge in [0, 0.05) is 18.8 Å². The number of anilines is 1. The van der Waals surface area contributed by atoms with Gasteiger partial charge in [0.05, 0.1) is 5.69 Å². The molecule has 4 nitrogen and oxygen atoms in total. The van der Waals surface area contributed by atoms with Gasteiger partial charge in [0.25, 0.3) is 5.91 Å². The molecule has 1 atom stereocenters. The van der Waals surface area contributed by atoms with E-state index >= 15 is 0 Å². The molecule has 2 rings (SSSR count). The van der Waals surface area contributed by atoms with Crippen LogP contribution in [0.4, 0.5) is 5.69 Å². The summed E-state index contributed by atoms with van der Waals surface area (Å²) in [4.78, 5) is 12.0. The van der Waals surface area contributed by atoms with Crippen LogP contribution in [0.25, 0.3) is 0 Å². The third kappa shape index (κ3) is 2.21. The van der Waals surface area contributed by atoms with Gasteiger partial charge in [-0.1, -0.05) is 0 Å². The lowest BCUT2D eigenvalue weighted by Gasteiger charge is -2.13. The highest BCUT2D eigenvalue weighted by molar-refractivity contribution is 5.94. The Labute approximate surface area is 95.8 Å². The number of nitrogens with one attached hydrogen (secondary N) is 1. The largest absolute Gasteiger partial charge is 0.397 e. The summed E-state index contributed by atoms with van der Waals surface area (Å²) in [7, 11) is 0. The minimum absolute atomic E-state index is 0.0158. The number of hydrogen-bond acceptors (Lipinski definition) is 2. The number of carbonyl (C=O) groups excluding carboxylic acids is 1. The molecule has 1 heterocycles. The summed E-state index contributed by atoms with van der Waals surface area (Å²) < 4.78 is 1.88. The van der Waals surface area contributed by atoms with Crippen molar-refractivity contribution in [2.24, 2.45) is 5.92 Å². The number of aryl methyl sites for hydroxylation is 1. The number of nitrogens with two attached hydrogens (primary N) is 1. The Morgan fingerprint density at radius 3 is 2.94 bits per heavy atom. The first kappa shape index (κ1) is 11.0. The molecule has 1 unspecified atom stereocenters. The summed E-state index contributed by atoms with van der Waals surface area (Å²) in [6.07, 6.45) is 4.27. The van der Waals surface area contributed by atoms with Crippen molar-refractivity contribution in [3.8, 4) is 0 Å². The Bertz CT molecular complexity index is 393. The fraction of sp³-hybridized carbons (Fsp3) is 0.583. The van der Waals surface area contributed by atoms with E-state index in [1.807, 2.05) is 11.5 Å². The van der Waals surface area contributed by atoms with E-state index in [2.05, 4.69) is 12.2 Å². The molecule has 16 heavy (non-hydrogen) atoms. The summed E-state index contributed by atoms with van der Waals surface area (Å²) in [5.74, 6) is 0.657. The van der Waals surface area contributed by atoms with Gasteiger partial charge in [-0.15, -0.1) is 0 Å². The Balaban J connectivity index is 2.06. The Hall–Kier alpha value is -1.45. The third-order valence-corrected chi connectivity index (χ3v) is 3.18. The molecule has 1 aromatic heterocycles. The lowest BCUT2D eigenvalue weighted by molar-refractivity contribution is 0.0926. The second kappa shape index (κ2) is 4.20. The average Bonchev–Trinajstić information content (AvgIpc) is 3.01. The van der Waals surface area contributed by atoms with Crippen LogP contribution in [-0.2, 0) is 6.54 Å². The average molecular weight is 221 g/mol. The van der Waals surface area contributed by atoms with E-state index in [4.69, 9.17) is 5.73 Å². The van der Waals surface area contributed by atoms with Crippen molar-refractivity contribution in [1.29, 1.82) is 0 Å². The van der Waals surface area contributed by atoms with Gasteiger partial charge < -0.3 is 15.6 Å². The molecule has 1 aliphatic carbocycles. The smallest absolute Gasteiger partial charge is 0.268 e. The van der Waals surface area contributed by atoms with Gasteiger partial charge in [0.15, 0.2) is 0 Å². The van der Waals surface area contributed by atoms with E-state index in [1.54, 1.807) is 12.3 Å². The summed E-state index contributed by atoms with van der Waals surface area (Å²) in [6, 6.07) is 2.01. The molecule has 0 bridgehead atoms. The van der Waals surface area contributed by atoms with Crippen molar-refractivity contribution in [1.82, 2.24) is 9.88 Å². The van der Waals surface area contributed by atoms with Gasteiger partial charge in [-0.25, -0.2) is 0 Å². The van der Waals surface area contributed by atoms with Crippen LogP contribution in [0.1, 0.15) is 37.2 Å². The molecule has 1 amide bonds. The number of nitrogens with zero attached hydrogens (tertiary/aromatic N) is 1. The molecule has 0 aliphatic heterocycles. The SMILES string of the molecule is CCn1cc(N)cc1C(=O)NC(C)C1CC1. The molecular weight excluding hydrogens is 202 g/mol. The zero-order chi connectivity index (χ0) is 11.7. The molecule has 0 radical (unpaired) electrons. The normalized spacial score (nSPS) is 17.1. The topological polar surface area (TPSA) is 60.0 Å². The van der Waals surface area contributed by atoms with Gasteiger partial charge in [0.1, 0.15) is 5.69 Å². The molecule has 1 aliphatic rings. The standard InChI is InChI=1S/C12H19N3O/c1-3-15-7-10(13)6-11(15)12(16)14-8(2)9-4-5-9/h6-9H,3-5,13H2,1-2H3,(H,14,16). The van der Waals surface area contributed by atoms with E-state index in [0.29, 0.717) is 17.3 Å². The summed E-state index contributed by atoms with van der Waals surface area (Å²) in [5, 5.41) is 3.03. The fourth-order valence-electron chi connectivity index (χ4n) is 1.98. The third-order valence-electron chi connectivity index (χ3n) is 3.18. The van der Waals surface area contributed by atoms with Crippen LogP contribution in [-0.4, -0.2) is 16.5 Å². The van der Waals surface area contributed by atoms with E-state index in [-0.39, 0.29) is 11.9 Å². The van der Waals surface area contributed by atoms with Crippen LogP contribution < -0.4 is 11.1 Å². The minimum atomic E-state index is -0.0158. The minimum Gasteiger partial charge on any atom is -0.397 e. The predicted octanol–water partition coefficient (Wildman–Crippen LogP) is 1.62. The summed E-state index contributed by atoms with van der Waals surface area (Å²) in [6.45, 7) is 4.83. The van der Waals surface area contributed by atoms with Crippen molar-refractivity contribution in [2.75, 3.05) is 5.73 Å². The maximum absolute atomic E-state index is 12.0. The first-order valence-electron chi connectivity index (χ1n) is 5.88. The first-order valence-corrected chi connectivity index (χ1v) is 5.88. The second-order valence-corrected chi connectivity index (χ2v) is 4.54. The van der Waals surface area contributed by atoms with Crippen LogP contribution >= 0.6 is 0 Å². The van der Waals surface area contributed by atoms with Crippen LogP contribution in [0, 0.1) is 5.92 Å². The number of carbonyl (C=O) groups is 1. The zero-order valence-electron chi connectivity index (χ0n) is 9.86. The molecular formula is C12H19N3O. The Morgan fingerprint density at radius 1 is 1.69 bits per heavy atom. The van der Waals surface area contributed by atoms with Gasteiger partial charge in [-0.3, -0.25) is 4.79 Å². The number of aromatic nitrogens is 1. The van der Waals surface area contributed by atoms with Gasteiger partial charge >= 0.3 is 0 Å². The molecule has 0 spiro atoms. The van der Waals surface area contributed by atoms with Gasteiger partial charge in [0.2, 0.25) is 0 Å². The number of amides is 1. The molecule has 1 aromatic rings. The quantitative estimate of drug-likeness (QED) is 0.811. The lowest BCUT2D eigenvalue weighted by Crippen LogP contribution is -2.35. The molecule has 0 saturated heterocycles. The van der Waals surface area contributed by atoms with Crippen LogP contribution in [0.3, 0.4) is 0 Å². The van der Waals surface area contributed by atoms with Gasteiger partial charge in [-0.2, -0.15) is 0 Å². The molecule has 4 heteroatoms. The monoisotopic (exact) mass is 221 g/mol. The number of nitrogen functional groups attached to an aromatic ring is 1. The van der Waals surface area contributed by atoms with Crippen LogP contribution in [0.15, 0.2) is 12.3 Å². The fourth-order valence-corrected chi connectivity index (χ4v) is 1.98. The molecule has 3 N–H and O–H groups in total. The van der Waals surface area contributed by atoms with Crippen molar-refractivity contribution < 1.29 is 4.79 Å². The van der Waals surface area contributed by atoms with Crippen molar-refractivity contribution in [2.45, 2.75) is 39.3 Å². The highest BCUT2D eigenvalue weighted by Gasteiger charge is 2.29. The van der Waals surface area contributed by atoms with Crippen molar-refractivity contribution in [3.63, 3.8) is 0 Å². The summed E-state index contributed by atoms with van der Waals surface area (Å²) in [5.41, 5.74) is 7.00. The molecule has 1 fully saturated rings. The first-order chi connectivity index (χ1) is 7.61. The van der Waals surface area contributed by atoms with Crippen molar-refractivity contribution >= 4 is 11.6 Å². The van der Waals surface area contributed by atoms with Crippen LogP contribution in [0.2, 0.25) is 0 Å². The Kier molecular flexibility index (Phi) is 2.90. The van der Waals surface area contributed by atoms with E-state index in [0.717, 1.165) is 6.54 Å². The maximum Gasteiger partial charge on any atom is 0.268 e. The number of rotatable bonds is 4. The predicted molar refractivity (Wildman–Crippen MR) is 64.2 cm³/mol. The second-order valence-electron chi connectivity index (χ2n) is 4.54.